The molecule has 0 spiro atoms. The highest BCUT2D eigenvalue weighted by atomic mass is 32.1. The van der Waals surface area contributed by atoms with Crippen molar-refractivity contribution < 1.29 is 14.7 Å². The molecule has 5 heteroatoms. The Morgan fingerprint density at radius 2 is 2.12 bits per heavy atom. The molecular formula is C12H17NO3S. The molecule has 1 heterocycles. The number of carbonyl (C=O) groups excluding carboxylic acids is 1. The number of amides is 1. The van der Waals surface area contributed by atoms with Gasteiger partial charge in [0.15, 0.2) is 0 Å². The summed E-state index contributed by atoms with van der Waals surface area (Å²) in [7, 11) is 0. The fraction of sp³-hybridized carbons (Fsp3) is 0.500. The molecule has 1 unspecified atom stereocenters. The molecule has 2 N–H and O–H groups in total. The van der Waals surface area contributed by atoms with Crippen LogP contribution in [0, 0.1) is 5.92 Å². The van der Waals surface area contributed by atoms with Gasteiger partial charge in [-0.15, -0.1) is 11.3 Å². The van der Waals surface area contributed by atoms with Gasteiger partial charge in [-0.25, -0.2) is 0 Å². The molecule has 0 saturated carbocycles. The van der Waals surface area contributed by atoms with E-state index in [-0.39, 0.29) is 18.2 Å². The molecule has 0 fully saturated rings. The van der Waals surface area contributed by atoms with Gasteiger partial charge in [-0.2, -0.15) is 0 Å². The van der Waals surface area contributed by atoms with Crippen molar-refractivity contribution in [2.45, 2.75) is 32.7 Å². The SMILES string of the molecule is CC(C)CC(=O)NC(CC(=O)O)c1cccs1. The van der Waals surface area contributed by atoms with Gasteiger partial charge in [0.25, 0.3) is 0 Å². The van der Waals surface area contributed by atoms with E-state index in [1.165, 1.54) is 11.3 Å². The fourth-order valence-corrected chi connectivity index (χ4v) is 2.29. The molecule has 94 valence electrons. The normalized spacial score (nSPS) is 12.4. The number of hydrogen-bond donors (Lipinski definition) is 2. The van der Waals surface area contributed by atoms with E-state index in [2.05, 4.69) is 5.32 Å². The number of nitrogens with one attached hydrogen (secondary N) is 1. The Morgan fingerprint density at radius 1 is 1.41 bits per heavy atom. The lowest BCUT2D eigenvalue weighted by Gasteiger charge is -2.16. The van der Waals surface area contributed by atoms with Crippen LogP contribution >= 0.6 is 11.3 Å². The second-order valence-electron chi connectivity index (χ2n) is 4.33. The van der Waals surface area contributed by atoms with E-state index in [4.69, 9.17) is 5.11 Å². The van der Waals surface area contributed by atoms with Crippen molar-refractivity contribution in [2.75, 3.05) is 0 Å². The zero-order chi connectivity index (χ0) is 12.8. The van der Waals surface area contributed by atoms with Gasteiger partial charge in [0.05, 0.1) is 12.5 Å². The summed E-state index contributed by atoms with van der Waals surface area (Å²) >= 11 is 1.46. The van der Waals surface area contributed by atoms with Gasteiger partial charge in [-0.05, 0) is 17.4 Å². The highest BCUT2D eigenvalue weighted by Gasteiger charge is 2.19. The molecule has 4 nitrogen and oxygen atoms in total. The van der Waals surface area contributed by atoms with Gasteiger partial charge in [0.2, 0.25) is 5.91 Å². The largest absolute Gasteiger partial charge is 0.481 e. The third-order valence-electron chi connectivity index (χ3n) is 2.19. The number of hydrogen-bond acceptors (Lipinski definition) is 3. The topological polar surface area (TPSA) is 66.4 Å². The Bertz CT molecular complexity index is 373. The maximum atomic E-state index is 11.6. The summed E-state index contributed by atoms with van der Waals surface area (Å²) in [6.45, 7) is 3.91. The van der Waals surface area contributed by atoms with Crippen LogP contribution in [0.4, 0.5) is 0 Å². The molecule has 1 aromatic rings. The van der Waals surface area contributed by atoms with Crippen LogP contribution in [0.1, 0.15) is 37.6 Å². The molecule has 1 atom stereocenters. The Balaban J connectivity index is 2.65. The molecule has 0 saturated heterocycles. The van der Waals surface area contributed by atoms with Crippen molar-refractivity contribution in [1.82, 2.24) is 5.32 Å². The standard InChI is InChI=1S/C12H17NO3S/c1-8(2)6-11(14)13-9(7-12(15)16)10-4-3-5-17-10/h3-5,8-9H,6-7H2,1-2H3,(H,13,14)(H,15,16). The monoisotopic (exact) mass is 255 g/mol. The summed E-state index contributed by atoms with van der Waals surface area (Å²) in [5.41, 5.74) is 0. The molecule has 0 aromatic carbocycles. The first kappa shape index (κ1) is 13.7. The first-order chi connectivity index (χ1) is 7.99. The third-order valence-corrected chi connectivity index (χ3v) is 3.18. The lowest BCUT2D eigenvalue weighted by molar-refractivity contribution is -0.137. The third kappa shape index (κ3) is 4.99. The molecule has 0 radical (unpaired) electrons. The number of carbonyl (C=O) groups is 2. The maximum Gasteiger partial charge on any atom is 0.305 e. The smallest absolute Gasteiger partial charge is 0.305 e. The maximum absolute atomic E-state index is 11.6. The second kappa shape index (κ2) is 6.39. The van der Waals surface area contributed by atoms with E-state index in [9.17, 15) is 9.59 Å². The number of carboxylic acid groups (broad SMARTS) is 1. The summed E-state index contributed by atoms with van der Waals surface area (Å²) in [5.74, 6) is -0.739. The zero-order valence-electron chi connectivity index (χ0n) is 9.97. The molecule has 1 rings (SSSR count). The van der Waals surface area contributed by atoms with Crippen LogP contribution < -0.4 is 5.32 Å². The minimum absolute atomic E-state index is 0.0790. The van der Waals surface area contributed by atoms with Gasteiger partial charge in [0.1, 0.15) is 0 Å². The summed E-state index contributed by atoms with van der Waals surface area (Å²) < 4.78 is 0. The van der Waals surface area contributed by atoms with Gasteiger partial charge in [-0.3, -0.25) is 9.59 Å². The molecule has 17 heavy (non-hydrogen) atoms. The van der Waals surface area contributed by atoms with E-state index in [1.54, 1.807) is 0 Å². The predicted octanol–water partition coefficient (Wildman–Crippen LogP) is 2.43. The van der Waals surface area contributed by atoms with Crippen molar-refractivity contribution in [2.24, 2.45) is 5.92 Å². The summed E-state index contributed by atoms with van der Waals surface area (Å²) in [6, 6.07) is 3.27. The Kier molecular flexibility index (Phi) is 5.15. The van der Waals surface area contributed by atoms with Crippen molar-refractivity contribution in [1.29, 1.82) is 0 Å². The average molecular weight is 255 g/mol. The summed E-state index contributed by atoms with van der Waals surface area (Å²) in [4.78, 5) is 23.3. The molecular weight excluding hydrogens is 238 g/mol. The van der Waals surface area contributed by atoms with Crippen LogP contribution in [0.15, 0.2) is 17.5 Å². The van der Waals surface area contributed by atoms with Crippen molar-refractivity contribution in [3.8, 4) is 0 Å². The molecule has 1 amide bonds. The highest BCUT2D eigenvalue weighted by molar-refractivity contribution is 7.10. The molecule has 1 aromatic heterocycles. The van der Waals surface area contributed by atoms with Crippen molar-refractivity contribution in [3.63, 3.8) is 0 Å². The average Bonchev–Trinajstić information content (AvgIpc) is 2.66. The Hall–Kier alpha value is -1.36. The van der Waals surface area contributed by atoms with Crippen molar-refractivity contribution >= 4 is 23.2 Å². The fourth-order valence-electron chi connectivity index (χ4n) is 1.51. The van der Waals surface area contributed by atoms with Crippen LogP contribution in [0.5, 0.6) is 0 Å². The summed E-state index contributed by atoms with van der Waals surface area (Å²) in [5, 5.41) is 13.5. The second-order valence-corrected chi connectivity index (χ2v) is 5.31. The van der Waals surface area contributed by atoms with E-state index < -0.39 is 12.0 Å². The van der Waals surface area contributed by atoms with Crippen LogP contribution in [-0.2, 0) is 9.59 Å². The Morgan fingerprint density at radius 3 is 2.59 bits per heavy atom. The van der Waals surface area contributed by atoms with E-state index in [1.807, 2.05) is 31.4 Å². The van der Waals surface area contributed by atoms with Crippen molar-refractivity contribution in [3.05, 3.63) is 22.4 Å². The number of rotatable bonds is 6. The van der Waals surface area contributed by atoms with Gasteiger partial charge in [0, 0.05) is 11.3 Å². The molecule has 0 aliphatic rings. The molecule has 0 aliphatic carbocycles. The molecule has 0 bridgehead atoms. The van der Waals surface area contributed by atoms with E-state index in [0.29, 0.717) is 6.42 Å². The number of thiophene rings is 1. The summed E-state index contributed by atoms with van der Waals surface area (Å²) in [6.07, 6.45) is 0.339. The minimum Gasteiger partial charge on any atom is -0.481 e. The van der Waals surface area contributed by atoms with Gasteiger partial charge in [-0.1, -0.05) is 19.9 Å². The van der Waals surface area contributed by atoms with Gasteiger partial charge >= 0.3 is 5.97 Å². The number of aliphatic carboxylic acids is 1. The first-order valence-electron chi connectivity index (χ1n) is 5.53. The highest BCUT2D eigenvalue weighted by Crippen LogP contribution is 2.22. The number of carboxylic acids is 1. The molecule has 0 aliphatic heterocycles. The predicted molar refractivity (Wildman–Crippen MR) is 66.9 cm³/mol. The Labute approximate surface area is 105 Å². The lowest BCUT2D eigenvalue weighted by atomic mass is 10.1. The lowest BCUT2D eigenvalue weighted by Crippen LogP contribution is -2.30. The van der Waals surface area contributed by atoms with E-state index >= 15 is 0 Å². The van der Waals surface area contributed by atoms with Crippen LogP contribution in [-0.4, -0.2) is 17.0 Å². The van der Waals surface area contributed by atoms with Gasteiger partial charge < -0.3 is 10.4 Å². The van der Waals surface area contributed by atoms with E-state index in [0.717, 1.165) is 4.88 Å². The van der Waals surface area contributed by atoms with Crippen LogP contribution in [0.2, 0.25) is 0 Å². The zero-order valence-corrected chi connectivity index (χ0v) is 10.8. The van der Waals surface area contributed by atoms with Crippen LogP contribution in [0.25, 0.3) is 0 Å². The van der Waals surface area contributed by atoms with Crippen LogP contribution in [0.3, 0.4) is 0 Å². The minimum atomic E-state index is -0.909. The quantitative estimate of drug-likeness (QED) is 0.820. The first-order valence-corrected chi connectivity index (χ1v) is 6.41.